The number of carbonyl (C=O) groups is 3. The molecular formula is C20H20N2O6S. The van der Waals surface area contributed by atoms with E-state index in [2.05, 4.69) is 10.3 Å². The quantitative estimate of drug-likeness (QED) is 0.717. The molecule has 29 heavy (non-hydrogen) atoms. The van der Waals surface area contributed by atoms with Crippen LogP contribution in [0.2, 0.25) is 0 Å². The van der Waals surface area contributed by atoms with Crippen molar-refractivity contribution in [2.45, 2.75) is 12.5 Å². The van der Waals surface area contributed by atoms with Crippen LogP contribution in [0.4, 0.5) is 5.69 Å². The molecule has 0 saturated carbocycles. The molecule has 0 radical (unpaired) electrons. The predicted molar refractivity (Wildman–Crippen MR) is 108 cm³/mol. The maximum absolute atomic E-state index is 12.9. The molecule has 1 aromatic carbocycles. The van der Waals surface area contributed by atoms with Crippen LogP contribution in [0.25, 0.3) is 0 Å². The Balaban J connectivity index is 1.90. The van der Waals surface area contributed by atoms with Crippen LogP contribution < -0.4 is 10.1 Å². The Kier molecular flexibility index (Phi) is 6.71. The number of ether oxygens (including phenoxy) is 3. The summed E-state index contributed by atoms with van der Waals surface area (Å²) in [6.07, 6.45) is 2.43. The zero-order valence-corrected chi connectivity index (χ0v) is 16.8. The number of anilines is 1. The molecule has 3 rings (SSSR count). The summed E-state index contributed by atoms with van der Waals surface area (Å²) in [4.78, 5) is 41.0. The summed E-state index contributed by atoms with van der Waals surface area (Å²) in [6, 6.07) is 7.38. The van der Waals surface area contributed by atoms with Crippen LogP contribution in [0.3, 0.4) is 0 Å². The Bertz CT molecular complexity index is 927. The van der Waals surface area contributed by atoms with Gasteiger partial charge < -0.3 is 19.5 Å². The van der Waals surface area contributed by atoms with Gasteiger partial charge in [-0.1, -0.05) is 0 Å². The third-order valence-electron chi connectivity index (χ3n) is 4.28. The molecule has 1 saturated heterocycles. The van der Waals surface area contributed by atoms with Gasteiger partial charge in [0.25, 0.3) is 5.91 Å². The van der Waals surface area contributed by atoms with E-state index in [4.69, 9.17) is 14.2 Å². The summed E-state index contributed by atoms with van der Waals surface area (Å²) in [5.74, 6) is 0.295. The maximum atomic E-state index is 12.9. The molecule has 2 heterocycles. The molecule has 0 bridgehead atoms. The average molecular weight is 416 g/mol. The van der Waals surface area contributed by atoms with Crippen molar-refractivity contribution in [1.82, 2.24) is 4.98 Å². The summed E-state index contributed by atoms with van der Waals surface area (Å²) < 4.78 is 15.3. The summed E-state index contributed by atoms with van der Waals surface area (Å²) in [5.41, 5.74) is 0.632. The fourth-order valence-corrected chi connectivity index (χ4v) is 3.89. The SMILES string of the molecule is COC(=O)c1ccc(C(=O)OC)c(NC(=O)c2cccnc2OC2CCSC2)c1. The molecule has 1 amide bonds. The van der Waals surface area contributed by atoms with Crippen LogP contribution in [0, 0.1) is 0 Å². The molecule has 9 heteroatoms. The second kappa shape index (κ2) is 9.42. The first-order valence-electron chi connectivity index (χ1n) is 8.85. The number of carbonyl (C=O) groups excluding carboxylic acids is 3. The van der Waals surface area contributed by atoms with Gasteiger partial charge in [0.05, 0.1) is 31.0 Å². The molecule has 1 N–H and O–H groups in total. The molecule has 0 spiro atoms. The fourth-order valence-electron chi connectivity index (χ4n) is 2.79. The zero-order valence-electron chi connectivity index (χ0n) is 16.0. The van der Waals surface area contributed by atoms with Crippen molar-refractivity contribution in [2.24, 2.45) is 0 Å². The number of thioether (sulfide) groups is 1. The van der Waals surface area contributed by atoms with Crippen LogP contribution in [-0.2, 0) is 9.47 Å². The lowest BCUT2D eigenvalue weighted by Gasteiger charge is -2.15. The Labute approximate surface area is 171 Å². The molecule has 8 nitrogen and oxygen atoms in total. The van der Waals surface area contributed by atoms with E-state index in [0.29, 0.717) is 0 Å². The van der Waals surface area contributed by atoms with E-state index in [9.17, 15) is 14.4 Å². The minimum absolute atomic E-state index is 0.00488. The Morgan fingerprint density at radius 1 is 1.10 bits per heavy atom. The van der Waals surface area contributed by atoms with Gasteiger partial charge in [0.15, 0.2) is 0 Å². The summed E-state index contributed by atoms with van der Waals surface area (Å²) in [5, 5.41) is 2.65. The summed E-state index contributed by atoms with van der Waals surface area (Å²) in [7, 11) is 2.48. The second-order valence-corrected chi connectivity index (χ2v) is 7.31. The molecule has 1 aromatic heterocycles. The summed E-state index contributed by atoms with van der Waals surface area (Å²) in [6.45, 7) is 0. The van der Waals surface area contributed by atoms with Gasteiger partial charge in [-0.25, -0.2) is 14.6 Å². The number of hydrogen-bond acceptors (Lipinski definition) is 8. The van der Waals surface area contributed by atoms with Crippen molar-refractivity contribution in [2.75, 3.05) is 31.0 Å². The van der Waals surface area contributed by atoms with Crippen molar-refractivity contribution < 1.29 is 28.6 Å². The molecule has 0 aliphatic carbocycles. The second-order valence-electron chi connectivity index (χ2n) is 6.16. The van der Waals surface area contributed by atoms with E-state index in [1.807, 2.05) is 0 Å². The minimum Gasteiger partial charge on any atom is -0.473 e. The van der Waals surface area contributed by atoms with Gasteiger partial charge in [-0.05, 0) is 42.5 Å². The van der Waals surface area contributed by atoms with Crippen LogP contribution in [-0.4, -0.2) is 54.7 Å². The predicted octanol–water partition coefficient (Wildman–Crippen LogP) is 2.79. The lowest BCUT2D eigenvalue weighted by Crippen LogP contribution is -2.21. The topological polar surface area (TPSA) is 104 Å². The Hall–Kier alpha value is -3.07. The molecule has 1 aliphatic rings. The Morgan fingerprint density at radius 2 is 1.90 bits per heavy atom. The van der Waals surface area contributed by atoms with E-state index < -0.39 is 17.8 Å². The number of methoxy groups -OCH3 is 2. The van der Waals surface area contributed by atoms with Gasteiger partial charge in [-0.2, -0.15) is 11.8 Å². The van der Waals surface area contributed by atoms with Crippen molar-refractivity contribution in [3.05, 3.63) is 53.2 Å². The highest BCUT2D eigenvalue weighted by molar-refractivity contribution is 7.99. The highest BCUT2D eigenvalue weighted by atomic mass is 32.2. The van der Waals surface area contributed by atoms with Crippen LogP contribution in [0.1, 0.15) is 37.5 Å². The molecular weight excluding hydrogens is 396 g/mol. The molecule has 1 atom stereocenters. The largest absolute Gasteiger partial charge is 0.473 e. The van der Waals surface area contributed by atoms with E-state index in [1.165, 1.54) is 32.4 Å². The van der Waals surface area contributed by atoms with Crippen LogP contribution >= 0.6 is 11.8 Å². The van der Waals surface area contributed by atoms with Gasteiger partial charge >= 0.3 is 11.9 Å². The first kappa shape index (κ1) is 20.7. The van der Waals surface area contributed by atoms with Gasteiger partial charge in [-0.3, -0.25) is 4.79 Å². The lowest BCUT2D eigenvalue weighted by molar-refractivity contribution is 0.0587. The number of hydrogen-bond donors (Lipinski definition) is 1. The minimum atomic E-state index is -0.651. The number of aromatic nitrogens is 1. The number of nitrogens with one attached hydrogen (secondary N) is 1. The third-order valence-corrected chi connectivity index (χ3v) is 5.41. The van der Waals surface area contributed by atoms with E-state index in [-0.39, 0.29) is 34.4 Å². The number of benzene rings is 1. The van der Waals surface area contributed by atoms with Crippen molar-refractivity contribution in [1.29, 1.82) is 0 Å². The monoisotopic (exact) mass is 416 g/mol. The van der Waals surface area contributed by atoms with E-state index in [1.54, 1.807) is 30.1 Å². The normalized spacial score (nSPS) is 15.4. The third kappa shape index (κ3) is 4.86. The van der Waals surface area contributed by atoms with Gasteiger partial charge in [-0.15, -0.1) is 0 Å². The standard InChI is InChI=1S/C20H20N2O6S/c1-26-19(24)12-5-6-14(20(25)27-2)16(10-12)22-17(23)15-4-3-8-21-18(15)28-13-7-9-29-11-13/h3-6,8,10,13H,7,9,11H2,1-2H3,(H,22,23). The highest BCUT2D eigenvalue weighted by Crippen LogP contribution is 2.26. The van der Waals surface area contributed by atoms with Gasteiger partial charge in [0, 0.05) is 11.9 Å². The summed E-state index contributed by atoms with van der Waals surface area (Å²) >= 11 is 1.78. The van der Waals surface area contributed by atoms with Crippen molar-refractivity contribution >= 4 is 35.3 Å². The van der Waals surface area contributed by atoms with E-state index in [0.717, 1.165) is 17.9 Å². The van der Waals surface area contributed by atoms with Crippen molar-refractivity contribution in [3.63, 3.8) is 0 Å². The van der Waals surface area contributed by atoms with Gasteiger partial charge in [0.1, 0.15) is 11.7 Å². The number of rotatable bonds is 6. The first-order chi connectivity index (χ1) is 14.0. The van der Waals surface area contributed by atoms with Crippen LogP contribution in [0.15, 0.2) is 36.5 Å². The maximum Gasteiger partial charge on any atom is 0.339 e. The Morgan fingerprint density at radius 3 is 2.59 bits per heavy atom. The lowest BCUT2D eigenvalue weighted by atomic mass is 10.1. The average Bonchev–Trinajstić information content (AvgIpc) is 3.26. The van der Waals surface area contributed by atoms with Crippen molar-refractivity contribution in [3.8, 4) is 5.88 Å². The first-order valence-corrected chi connectivity index (χ1v) is 10.0. The highest BCUT2D eigenvalue weighted by Gasteiger charge is 2.23. The number of pyridine rings is 1. The molecule has 152 valence electrons. The number of nitrogens with zero attached hydrogens (tertiary/aromatic N) is 1. The molecule has 2 aromatic rings. The number of esters is 2. The number of amides is 1. The van der Waals surface area contributed by atoms with E-state index >= 15 is 0 Å². The van der Waals surface area contributed by atoms with Crippen LogP contribution in [0.5, 0.6) is 5.88 Å². The smallest absolute Gasteiger partial charge is 0.339 e. The van der Waals surface area contributed by atoms with Gasteiger partial charge in [0.2, 0.25) is 5.88 Å². The molecule has 1 aliphatic heterocycles. The molecule has 1 unspecified atom stereocenters. The molecule has 1 fully saturated rings. The zero-order chi connectivity index (χ0) is 20.8. The fraction of sp³-hybridized carbons (Fsp3) is 0.300.